The van der Waals surface area contributed by atoms with Gasteiger partial charge in [0, 0.05) is 5.69 Å². The molecule has 0 radical (unpaired) electrons. The molecule has 0 unspecified atom stereocenters. The van der Waals surface area contributed by atoms with Crippen LogP contribution >= 0.6 is 0 Å². The number of benzene rings is 2. The van der Waals surface area contributed by atoms with Crippen molar-refractivity contribution in [2.24, 2.45) is 0 Å². The molecule has 0 fully saturated rings. The highest BCUT2D eigenvalue weighted by molar-refractivity contribution is 7.92. The van der Waals surface area contributed by atoms with Crippen molar-refractivity contribution in [3.05, 3.63) is 59.9 Å². The van der Waals surface area contributed by atoms with Crippen LogP contribution in [0.4, 0.5) is 10.1 Å². The lowest BCUT2D eigenvalue weighted by Gasteiger charge is -2.08. The third-order valence-corrected chi connectivity index (χ3v) is 3.78. The standard InChI is InChI=1S/C13H12FNO2S/c1-10-3-2-4-13(9-10)18(16,17)15-12-7-5-11(14)6-8-12/h2-9,15H,1H3. The fourth-order valence-electron chi connectivity index (χ4n) is 1.51. The number of nitrogens with one attached hydrogen (secondary N) is 1. The van der Waals surface area contributed by atoms with E-state index < -0.39 is 15.8 Å². The molecule has 0 bridgehead atoms. The molecule has 0 saturated carbocycles. The zero-order valence-corrected chi connectivity index (χ0v) is 10.5. The quantitative estimate of drug-likeness (QED) is 0.927. The van der Waals surface area contributed by atoms with Gasteiger partial charge in [-0.2, -0.15) is 0 Å². The first kappa shape index (κ1) is 12.6. The molecule has 1 N–H and O–H groups in total. The second-order valence-corrected chi connectivity index (χ2v) is 5.61. The average molecular weight is 265 g/mol. The molecule has 18 heavy (non-hydrogen) atoms. The van der Waals surface area contributed by atoms with Crippen molar-refractivity contribution in [3.8, 4) is 0 Å². The van der Waals surface area contributed by atoms with Gasteiger partial charge >= 0.3 is 0 Å². The summed E-state index contributed by atoms with van der Waals surface area (Å²) in [5.74, 6) is -0.409. The molecule has 0 saturated heterocycles. The van der Waals surface area contributed by atoms with Gasteiger partial charge in [0.1, 0.15) is 5.82 Å². The number of rotatable bonds is 3. The SMILES string of the molecule is Cc1cccc(S(=O)(=O)Nc2ccc(F)cc2)c1. The minimum Gasteiger partial charge on any atom is -0.280 e. The predicted molar refractivity (Wildman–Crippen MR) is 68.4 cm³/mol. The van der Waals surface area contributed by atoms with E-state index in [4.69, 9.17) is 0 Å². The summed E-state index contributed by atoms with van der Waals surface area (Å²) in [7, 11) is -3.62. The summed E-state index contributed by atoms with van der Waals surface area (Å²) in [6.45, 7) is 1.82. The Morgan fingerprint density at radius 2 is 1.72 bits per heavy atom. The monoisotopic (exact) mass is 265 g/mol. The number of sulfonamides is 1. The van der Waals surface area contributed by atoms with Crippen LogP contribution in [0.25, 0.3) is 0 Å². The van der Waals surface area contributed by atoms with Gasteiger partial charge < -0.3 is 0 Å². The molecule has 2 aromatic rings. The van der Waals surface area contributed by atoms with E-state index in [9.17, 15) is 12.8 Å². The van der Waals surface area contributed by atoms with Crippen LogP contribution in [-0.2, 0) is 10.0 Å². The minimum absolute atomic E-state index is 0.187. The van der Waals surface area contributed by atoms with Crippen LogP contribution in [0.1, 0.15) is 5.56 Å². The van der Waals surface area contributed by atoms with Gasteiger partial charge in [-0.3, -0.25) is 4.72 Å². The molecular weight excluding hydrogens is 253 g/mol. The van der Waals surface area contributed by atoms with E-state index in [0.29, 0.717) is 5.69 Å². The number of hydrogen-bond acceptors (Lipinski definition) is 2. The molecule has 0 atom stereocenters. The molecule has 0 aliphatic carbocycles. The van der Waals surface area contributed by atoms with E-state index in [2.05, 4.69) is 4.72 Å². The highest BCUT2D eigenvalue weighted by atomic mass is 32.2. The summed E-state index contributed by atoms with van der Waals surface area (Å²) in [5.41, 5.74) is 1.19. The molecule has 2 aromatic carbocycles. The molecule has 0 amide bonds. The van der Waals surface area contributed by atoms with E-state index in [-0.39, 0.29) is 4.90 Å². The largest absolute Gasteiger partial charge is 0.280 e. The summed E-state index contributed by atoms with van der Waals surface area (Å²) >= 11 is 0. The average Bonchev–Trinajstić information content (AvgIpc) is 2.32. The van der Waals surface area contributed by atoms with Crippen LogP contribution < -0.4 is 4.72 Å². The maximum atomic E-state index is 12.7. The Kier molecular flexibility index (Phi) is 3.34. The Balaban J connectivity index is 2.30. The van der Waals surface area contributed by atoms with Crippen LogP contribution in [0.15, 0.2) is 53.4 Å². The Morgan fingerprint density at radius 1 is 1.06 bits per heavy atom. The Bertz CT molecular complexity index is 651. The zero-order chi connectivity index (χ0) is 13.2. The summed E-state index contributed by atoms with van der Waals surface area (Å²) < 4.78 is 39.2. The van der Waals surface area contributed by atoms with Crippen molar-refractivity contribution in [1.29, 1.82) is 0 Å². The molecule has 0 aliphatic heterocycles. The van der Waals surface area contributed by atoms with Gasteiger partial charge in [-0.15, -0.1) is 0 Å². The first-order valence-corrected chi connectivity index (χ1v) is 6.81. The Labute approximate surface area is 105 Å². The second-order valence-electron chi connectivity index (χ2n) is 3.93. The van der Waals surface area contributed by atoms with Crippen molar-refractivity contribution in [1.82, 2.24) is 0 Å². The third-order valence-electron chi connectivity index (χ3n) is 2.40. The van der Waals surface area contributed by atoms with Crippen molar-refractivity contribution >= 4 is 15.7 Å². The number of hydrogen-bond donors (Lipinski definition) is 1. The van der Waals surface area contributed by atoms with Crippen LogP contribution in [-0.4, -0.2) is 8.42 Å². The van der Waals surface area contributed by atoms with Crippen LogP contribution in [0, 0.1) is 12.7 Å². The zero-order valence-electron chi connectivity index (χ0n) is 9.72. The first-order chi connectivity index (χ1) is 8.47. The van der Waals surface area contributed by atoms with Gasteiger partial charge in [0.15, 0.2) is 0 Å². The van der Waals surface area contributed by atoms with Gasteiger partial charge in [0.05, 0.1) is 4.90 Å². The highest BCUT2D eigenvalue weighted by Crippen LogP contribution is 2.17. The lowest BCUT2D eigenvalue weighted by Crippen LogP contribution is -2.12. The van der Waals surface area contributed by atoms with E-state index in [1.54, 1.807) is 12.1 Å². The summed E-state index contributed by atoms with van der Waals surface area (Å²) in [4.78, 5) is 0.187. The first-order valence-electron chi connectivity index (χ1n) is 5.32. The normalized spacial score (nSPS) is 11.2. The summed E-state index contributed by atoms with van der Waals surface area (Å²) in [5, 5.41) is 0. The third kappa shape index (κ3) is 2.87. The maximum absolute atomic E-state index is 12.7. The molecule has 5 heteroatoms. The summed E-state index contributed by atoms with van der Waals surface area (Å²) in [6.07, 6.45) is 0. The smallest absolute Gasteiger partial charge is 0.261 e. The minimum atomic E-state index is -3.62. The van der Waals surface area contributed by atoms with E-state index in [1.807, 2.05) is 13.0 Å². The van der Waals surface area contributed by atoms with Crippen molar-refractivity contribution < 1.29 is 12.8 Å². The molecule has 2 rings (SSSR count). The molecule has 0 spiro atoms. The molecular formula is C13H12FNO2S. The van der Waals surface area contributed by atoms with Gasteiger partial charge in [-0.05, 0) is 48.9 Å². The second kappa shape index (κ2) is 4.78. The Morgan fingerprint density at radius 3 is 2.33 bits per heavy atom. The maximum Gasteiger partial charge on any atom is 0.261 e. The topological polar surface area (TPSA) is 46.2 Å². The van der Waals surface area contributed by atoms with Crippen molar-refractivity contribution in [2.75, 3.05) is 4.72 Å². The number of halogens is 1. The predicted octanol–water partition coefficient (Wildman–Crippen LogP) is 2.93. The van der Waals surface area contributed by atoms with Crippen LogP contribution in [0.2, 0.25) is 0 Å². The van der Waals surface area contributed by atoms with Gasteiger partial charge in [0.2, 0.25) is 0 Å². The fraction of sp³-hybridized carbons (Fsp3) is 0.0769. The molecule has 94 valence electrons. The van der Waals surface area contributed by atoms with E-state index >= 15 is 0 Å². The molecule has 3 nitrogen and oxygen atoms in total. The number of aryl methyl sites for hydroxylation is 1. The Hall–Kier alpha value is -1.88. The fourth-order valence-corrected chi connectivity index (χ4v) is 2.68. The van der Waals surface area contributed by atoms with E-state index in [0.717, 1.165) is 5.56 Å². The van der Waals surface area contributed by atoms with Gasteiger partial charge in [-0.1, -0.05) is 12.1 Å². The van der Waals surface area contributed by atoms with Crippen molar-refractivity contribution in [2.45, 2.75) is 11.8 Å². The van der Waals surface area contributed by atoms with Crippen molar-refractivity contribution in [3.63, 3.8) is 0 Å². The summed E-state index contributed by atoms with van der Waals surface area (Å²) in [6, 6.07) is 11.7. The van der Waals surface area contributed by atoms with Gasteiger partial charge in [0.25, 0.3) is 10.0 Å². The molecule has 0 aliphatic rings. The van der Waals surface area contributed by atoms with Crippen LogP contribution in [0.3, 0.4) is 0 Å². The molecule has 0 aromatic heterocycles. The van der Waals surface area contributed by atoms with E-state index in [1.165, 1.54) is 30.3 Å². The van der Waals surface area contributed by atoms with Crippen LogP contribution in [0.5, 0.6) is 0 Å². The number of anilines is 1. The highest BCUT2D eigenvalue weighted by Gasteiger charge is 2.13. The lowest BCUT2D eigenvalue weighted by molar-refractivity contribution is 0.601. The molecule has 0 heterocycles. The van der Waals surface area contributed by atoms with Gasteiger partial charge in [-0.25, -0.2) is 12.8 Å². The lowest BCUT2D eigenvalue weighted by atomic mass is 10.2.